The Bertz CT molecular complexity index is 1240. The molecule has 4 aromatic rings. The zero-order chi connectivity index (χ0) is 19.3. The number of carbonyl (C=O) groups is 1. The molecule has 0 bridgehead atoms. The fraction of sp³-hybridized carbons (Fsp3) is 0.190. The summed E-state index contributed by atoms with van der Waals surface area (Å²) in [5, 5.41) is 4.89. The summed E-state index contributed by atoms with van der Waals surface area (Å²) in [7, 11) is 0. The van der Waals surface area contributed by atoms with Gasteiger partial charge < -0.3 is 21.8 Å². The highest BCUT2D eigenvalue weighted by Crippen LogP contribution is 2.30. The van der Waals surface area contributed by atoms with Gasteiger partial charge in [-0.1, -0.05) is 6.07 Å². The number of benzene rings is 2. The number of fused-ring (bicyclic) bond motifs is 4. The molecule has 1 aliphatic rings. The van der Waals surface area contributed by atoms with Crippen LogP contribution in [-0.2, 0) is 19.4 Å². The number of nitrogen functional groups attached to an aromatic ring is 2. The number of aromatic amines is 1. The molecule has 2 aromatic heterocycles. The van der Waals surface area contributed by atoms with Crippen LogP contribution in [0.4, 0.5) is 11.8 Å². The van der Waals surface area contributed by atoms with Crippen molar-refractivity contribution in [2.75, 3.05) is 11.5 Å². The predicted molar refractivity (Wildman–Crippen MR) is 110 cm³/mol. The average Bonchev–Trinajstić information content (AvgIpc) is 3.26. The van der Waals surface area contributed by atoms with Crippen LogP contribution >= 0.6 is 0 Å². The lowest BCUT2D eigenvalue weighted by Crippen LogP contribution is -2.22. The van der Waals surface area contributed by atoms with Gasteiger partial charge in [0.1, 0.15) is 5.82 Å². The van der Waals surface area contributed by atoms with E-state index in [-0.39, 0.29) is 11.9 Å². The summed E-state index contributed by atoms with van der Waals surface area (Å²) < 4.78 is 0. The number of nitrogens with zero attached hydrogens (tertiary/aromatic N) is 2. The van der Waals surface area contributed by atoms with Crippen molar-refractivity contribution < 1.29 is 4.79 Å². The van der Waals surface area contributed by atoms with E-state index in [1.807, 2.05) is 36.4 Å². The molecule has 0 fully saturated rings. The molecular formula is C21H20N6O. The smallest absolute Gasteiger partial charge is 0.251 e. The van der Waals surface area contributed by atoms with Gasteiger partial charge in [-0.05, 0) is 60.7 Å². The summed E-state index contributed by atoms with van der Waals surface area (Å²) in [5.74, 6) is 0.389. The highest BCUT2D eigenvalue weighted by molar-refractivity contribution is 5.99. The molecule has 28 heavy (non-hydrogen) atoms. The summed E-state index contributed by atoms with van der Waals surface area (Å²) in [6, 6.07) is 11.5. The molecule has 6 N–H and O–H groups in total. The highest BCUT2D eigenvalue weighted by Gasteiger charge is 2.18. The number of amides is 1. The van der Waals surface area contributed by atoms with Crippen LogP contribution in [0.1, 0.15) is 33.6 Å². The van der Waals surface area contributed by atoms with Crippen molar-refractivity contribution in [3.05, 3.63) is 58.8 Å². The first-order chi connectivity index (χ1) is 13.6. The van der Waals surface area contributed by atoms with E-state index in [9.17, 15) is 4.79 Å². The average molecular weight is 372 g/mol. The zero-order valence-corrected chi connectivity index (χ0v) is 15.2. The maximum Gasteiger partial charge on any atom is 0.251 e. The Morgan fingerprint density at radius 1 is 1.07 bits per heavy atom. The molecule has 1 aliphatic carbocycles. The van der Waals surface area contributed by atoms with E-state index in [2.05, 4.69) is 20.3 Å². The van der Waals surface area contributed by atoms with Crippen molar-refractivity contribution in [1.29, 1.82) is 0 Å². The Balaban J connectivity index is 1.37. The third-order valence-corrected chi connectivity index (χ3v) is 5.37. The van der Waals surface area contributed by atoms with Crippen LogP contribution in [0.2, 0.25) is 0 Å². The van der Waals surface area contributed by atoms with Crippen molar-refractivity contribution in [1.82, 2.24) is 20.3 Å². The van der Waals surface area contributed by atoms with Gasteiger partial charge in [0.25, 0.3) is 5.91 Å². The van der Waals surface area contributed by atoms with Crippen molar-refractivity contribution in [2.45, 2.75) is 25.8 Å². The third kappa shape index (κ3) is 2.72. The van der Waals surface area contributed by atoms with Crippen LogP contribution in [0.3, 0.4) is 0 Å². The van der Waals surface area contributed by atoms with E-state index >= 15 is 0 Å². The Kier molecular flexibility index (Phi) is 3.68. The van der Waals surface area contributed by atoms with Gasteiger partial charge in [-0.2, -0.15) is 4.98 Å². The lowest BCUT2D eigenvalue weighted by molar-refractivity contribution is 0.0951. The summed E-state index contributed by atoms with van der Waals surface area (Å²) >= 11 is 0. The molecule has 0 atom stereocenters. The minimum atomic E-state index is -0.100. The zero-order valence-electron chi connectivity index (χ0n) is 15.2. The Hall–Kier alpha value is -3.61. The summed E-state index contributed by atoms with van der Waals surface area (Å²) in [6.07, 6.45) is 3.34. The third-order valence-electron chi connectivity index (χ3n) is 5.37. The standard InChI is InChI=1S/C21H20N6O/c22-19-14-6-4-11(8-18(14)26-21(23)27-19)10-24-20(28)12-5-7-17-15(9-12)13-2-1-3-16(13)25-17/h4-9,25H,1-3,10H2,(H,24,28)(H4,22,23,26,27). The van der Waals surface area contributed by atoms with Gasteiger partial charge >= 0.3 is 0 Å². The normalized spacial score (nSPS) is 13.1. The van der Waals surface area contributed by atoms with Gasteiger partial charge in [-0.3, -0.25) is 4.79 Å². The second-order valence-electron chi connectivity index (χ2n) is 7.20. The first kappa shape index (κ1) is 16.6. The maximum absolute atomic E-state index is 12.7. The number of aryl methyl sites for hydroxylation is 2. The number of hydrogen-bond acceptors (Lipinski definition) is 5. The van der Waals surface area contributed by atoms with E-state index in [4.69, 9.17) is 11.5 Å². The summed E-state index contributed by atoms with van der Waals surface area (Å²) in [5.41, 5.74) is 17.6. The topological polar surface area (TPSA) is 123 Å². The monoisotopic (exact) mass is 372 g/mol. The van der Waals surface area contributed by atoms with Crippen LogP contribution in [-0.4, -0.2) is 20.9 Å². The van der Waals surface area contributed by atoms with Gasteiger partial charge in [0.15, 0.2) is 0 Å². The molecule has 0 spiro atoms. The van der Waals surface area contributed by atoms with Crippen LogP contribution < -0.4 is 16.8 Å². The number of carbonyl (C=O) groups excluding carboxylic acids is 1. The molecule has 1 amide bonds. The van der Waals surface area contributed by atoms with Crippen molar-refractivity contribution in [2.24, 2.45) is 0 Å². The fourth-order valence-corrected chi connectivity index (χ4v) is 4.00. The molecule has 7 nitrogen and oxygen atoms in total. The molecule has 0 aliphatic heterocycles. The van der Waals surface area contributed by atoms with Gasteiger partial charge in [-0.25, -0.2) is 4.98 Å². The van der Waals surface area contributed by atoms with E-state index < -0.39 is 0 Å². The van der Waals surface area contributed by atoms with Gasteiger partial charge in [0, 0.05) is 34.1 Å². The van der Waals surface area contributed by atoms with Crippen molar-refractivity contribution in [3.63, 3.8) is 0 Å². The van der Waals surface area contributed by atoms with E-state index in [0.717, 1.165) is 34.7 Å². The van der Waals surface area contributed by atoms with Crippen LogP contribution in [0.25, 0.3) is 21.8 Å². The van der Waals surface area contributed by atoms with Gasteiger partial charge in [0.2, 0.25) is 5.95 Å². The fourth-order valence-electron chi connectivity index (χ4n) is 4.00. The maximum atomic E-state index is 12.7. The number of H-pyrrole nitrogens is 1. The SMILES string of the molecule is Nc1nc(N)c2ccc(CNC(=O)c3ccc4[nH]c5c(c4c3)CCC5)cc2n1. The van der Waals surface area contributed by atoms with Gasteiger partial charge in [-0.15, -0.1) is 0 Å². The summed E-state index contributed by atoms with van der Waals surface area (Å²) in [6.45, 7) is 0.391. The number of anilines is 2. The molecule has 0 saturated carbocycles. The first-order valence-corrected chi connectivity index (χ1v) is 9.32. The van der Waals surface area contributed by atoms with E-state index in [1.54, 1.807) is 0 Å². The Morgan fingerprint density at radius 2 is 1.96 bits per heavy atom. The molecule has 0 unspecified atom stereocenters. The molecule has 2 heterocycles. The second-order valence-corrected chi connectivity index (χ2v) is 7.20. The molecule has 0 radical (unpaired) electrons. The molecular weight excluding hydrogens is 352 g/mol. The molecule has 0 saturated heterocycles. The molecule has 2 aromatic carbocycles. The van der Waals surface area contributed by atoms with E-state index in [0.29, 0.717) is 23.4 Å². The minimum Gasteiger partial charge on any atom is -0.383 e. The Labute approximate surface area is 161 Å². The Morgan fingerprint density at radius 3 is 2.86 bits per heavy atom. The molecule has 5 rings (SSSR count). The number of hydrogen-bond donors (Lipinski definition) is 4. The summed E-state index contributed by atoms with van der Waals surface area (Å²) in [4.78, 5) is 24.3. The highest BCUT2D eigenvalue weighted by atomic mass is 16.1. The lowest BCUT2D eigenvalue weighted by atomic mass is 10.1. The second kappa shape index (κ2) is 6.23. The molecule has 7 heteroatoms. The van der Waals surface area contributed by atoms with Gasteiger partial charge in [0.05, 0.1) is 5.52 Å². The first-order valence-electron chi connectivity index (χ1n) is 9.32. The predicted octanol–water partition coefficient (Wildman–Crippen LogP) is 2.69. The number of rotatable bonds is 3. The van der Waals surface area contributed by atoms with Crippen molar-refractivity contribution in [3.8, 4) is 0 Å². The van der Waals surface area contributed by atoms with E-state index in [1.165, 1.54) is 17.7 Å². The number of aromatic nitrogens is 3. The largest absolute Gasteiger partial charge is 0.383 e. The number of nitrogens with two attached hydrogens (primary N) is 2. The number of nitrogens with one attached hydrogen (secondary N) is 2. The van der Waals surface area contributed by atoms with Crippen LogP contribution in [0.5, 0.6) is 0 Å². The lowest BCUT2D eigenvalue weighted by Gasteiger charge is -2.08. The minimum absolute atomic E-state index is 0.100. The van der Waals surface area contributed by atoms with Crippen molar-refractivity contribution >= 4 is 39.5 Å². The quantitative estimate of drug-likeness (QED) is 0.440. The van der Waals surface area contributed by atoms with Crippen LogP contribution in [0, 0.1) is 0 Å². The van der Waals surface area contributed by atoms with Crippen LogP contribution in [0.15, 0.2) is 36.4 Å². The molecule has 140 valence electrons.